The van der Waals surface area contributed by atoms with Crippen molar-refractivity contribution in [2.24, 2.45) is 0 Å². The zero-order valence-corrected chi connectivity index (χ0v) is 9.72. The van der Waals surface area contributed by atoms with Gasteiger partial charge in [0.2, 0.25) is 0 Å². The van der Waals surface area contributed by atoms with Crippen LogP contribution in [0.1, 0.15) is 20.3 Å². The minimum absolute atomic E-state index is 0.543. The Labute approximate surface area is 94.9 Å². The molecule has 0 aliphatic carbocycles. The predicted octanol–water partition coefficient (Wildman–Crippen LogP) is 1.21. The molecule has 5 nitrogen and oxygen atoms in total. The zero-order valence-electron chi connectivity index (χ0n) is 9.72. The molecule has 86 valence electrons. The molecule has 0 bridgehead atoms. The summed E-state index contributed by atoms with van der Waals surface area (Å²) in [4.78, 5) is 12.4. The number of nitrogens with zero attached hydrogens (tertiary/aromatic N) is 4. The van der Waals surface area contributed by atoms with E-state index < -0.39 is 0 Å². The predicted molar refractivity (Wildman–Crippen MR) is 63.1 cm³/mol. The topological polar surface area (TPSA) is 55.6 Å². The first kappa shape index (κ1) is 11.0. The molecular formula is C11H17N5. The summed E-state index contributed by atoms with van der Waals surface area (Å²) in [6, 6.07) is 0.543. The van der Waals surface area contributed by atoms with Crippen molar-refractivity contribution in [1.82, 2.24) is 24.8 Å². The van der Waals surface area contributed by atoms with Gasteiger partial charge in [-0.25, -0.2) is 15.0 Å². The summed E-state index contributed by atoms with van der Waals surface area (Å²) in [5.74, 6) is 0. The van der Waals surface area contributed by atoms with Gasteiger partial charge in [0, 0.05) is 12.6 Å². The first-order valence-electron chi connectivity index (χ1n) is 5.61. The third-order valence-electron chi connectivity index (χ3n) is 2.41. The average Bonchev–Trinajstić information content (AvgIpc) is 2.68. The van der Waals surface area contributed by atoms with Crippen molar-refractivity contribution >= 4 is 11.2 Å². The number of fused-ring (bicyclic) bond motifs is 1. The molecule has 0 aliphatic heterocycles. The Morgan fingerprint density at radius 1 is 1.38 bits per heavy atom. The summed E-state index contributed by atoms with van der Waals surface area (Å²) >= 11 is 0. The van der Waals surface area contributed by atoms with Crippen LogP contribution in [0.4, 0.5) is 0 Å². The number of rotatable bonds is 5. The summed E-state index contributed by atoms with van der Waals surface area (Å²) in [7, 11) is 0. The molecule has 2 rings (SSSR count). The fourth-order valence-corrected chi connectivity index (χ4v) is 1.62. The van der Waals surface area contributed by atoms with Crippen LogP contribution in [0.15, 0.2) is 18.9 Å². The Bertz CT molecular complexity index is 448. The molecule has 1 N–H and O–H groups in total. The van der Waals surface area contributed by atoms with Crippen LogP contribution < -0.4 is 5.32 Å². The minimum Gasteiger partial charge on any atom is -0.315 e. The van der Waals surface area contributed by atoms with Gasteiger partial charge in [0.1, 0.15) is 11.8 Å². The smallest absolute Gasteiger partial charge is 0.163 e. The van der Waals surface area contributed by atoms with Gasteiger partial charge in [-0.05, 0) is 13.0 Å². The molecule has 0 amide bonds. The summed E-state index contributed by atoms with van der Waals surface area (Å²) in [5.41, 5.74) is 1.78. The zero-order chi connectivity index (χ0) is 11.4. The molecule has 0 saturated heterocycles. The van der Waals surface area contributed by atoms with E-state index >= 15 is 0 Å². The molecule has 0 saturated carbocycles. The van der Waals surface area contributed by atoms with Gasteiger partial charge in [-0.1, -0.05) is 13.8 Å². The highest BCUT2D eigenvalue weighted by Gasteiger charge is 2.02. The quantitative estimate of drug-likeness (QED) is 0.768. The van der Waals surface area contributed by atoms with Gasteiger partial charge in [0.15, 0.2) is 5.65 Å². The first-order chi connectivity index (χ1) is 7.77. The fraction of sp³-hybridized carbons (Fsp3) is 0.545. The average molecular weight is 219 g/mol. The highest BCUT2D eigenvalue weighted by molar-refractivity contribution is 5.68. The third kappa shape index (κ3) is 2.55. The van der Waals surface area contributed by atoms with Crippen molar-refractivity contribution in [2.45, 2.75) is 32.9 Å². The summed E-state index contributed by atoms with van der Waals surface area (Å²) < 4.78 is 2.07. The molecule has 0 aliphatic rings. The Morgan fingerprint density at radius 3 is 3.06 bits per heavy atom. The highest BCUT2D eigenvalue weighted by Crippen LogP contribution is 2.07. The normalized spacial score (nSPS) is 11.4. The lowest BCUT2D eigenvalue weighted by Crippen LogP contribution is -2.24. The van der Waals surface area contributed by atoms with Crippen LogP contribution in [-0.2, 0) is 6.54 Å². The molecule has 2 heterocycles. The SMILES string of the molecule is CC(C)NCCCn1cnc2cncnc21. The molecule has 0 fully saturated rings. The maximum absolute atomic E-state index is 4.25. The van der Waals surface area contributed by atoms with Gasteiger partial charge in [-0.3, -0.25) is 0 Å². The van der Waals surface area contributed by atoms with Crippen LogP contribution >= 0.6 is 0 Å². The molecule has 2 aromatic rings. The standard InChI is InChI=1S/C11H17N5/c1-9(2)13-4-3-5-16-8-15-10-6-12-7-14-11(10)16/h6-9,13H,3-5H2,1-2H3. The molecule has 2 aromatic heterocycles. The number of aryl methyl sites for hydroxylation is 1. The molecule has 0 unspecified atom stereocenters. The number of hydrogen-bond donors (Lipinski definition) is 1. The first-order valence-corrected chi connectivity index (χ1v) is 5.61. The lowest BCUT2D eigenvalue weighted by atomic mass is 10.3. The van der Waals surface area contributed by atoms with E-state index in [4.69, 9.17) is 0 Å². The van der Waals surface area contributed by atoms with Crippen LogP contribution in [-0.4, -0.2) is 32.1 Å². The van der Waals surface area contributed by atoms with Crippen LogP contribution in [0.5, 0.6) is 0 Å². The van der Waals surface area contributed by atoms with E-state index in [1.165, 1.54) is 0 Å². The van der Waals surface area contributed by atoms with Crippen LogP contribution in [0.25, 0.3) is 11.2 Å². The number of nitrogens with one attached hydrogen (secondary N) is 1. The van der Waals surface area contributed by atoms with E-state index in [1.54, 1.807) is 12.5 Å². The van der Waals surface area contributed by atoms with Crippen molar-refractivity contribution in [3.05, 3.63) is 18.9 Å². The van der Waals surface area contributed by atoms with Crippen LogP contribution in [0, 0.1) is 0 Å². The van der Waals surface area contributed by atoms with Gasteiger partial charge in [0.05, 0.1) is 12.5 Å². The molecule has 0 aromatic carbocycles. The second kappa shape index (κ2) is 5.03. The van der Waals surface area contributed by atoms with Crippen molar-refractivity contribution in [1.29, 1.82) is 0 Å². The molecule has 16 heavy (non-hydrogen) atoms. The van der Waals surface area contributed by atoms with E-state index in [9.17, 15) is 0 Å². The Hall–Kier alpha value is -1.49. The van der Waals surface area contributed by atoms with Gasteiger partial charge >= 0.3 is 0 Å². The minimum atomic E-state index is 0.543. The van der Waals surface area contributed by atoms with Crippen LogP contribution in [0.2, 0.25) is 0 Å². The molecular weight excluding hydrogens is 202 g/mol. The van der Waals surface area contributed by atoms with Crippen molar-refractivity contribution in [3.8, 4) is 0 Å². The van der Waals surface area contributed by atoms with Gasteiger partial charge < -0.3 is 9.88 Å². The van der Waals surface area contributed by atoms with E-state index in [2.05, 4.69) is 38.7 Å². The molecule has 0 atom stereocenters. The third-order valence-corrected chi connectivity index (χ3v) is 2.41. The largest absolute Gasteiger partial charge is 0.315 e. The van der Waals surface area contributed by atoms with Gasteiger partial charge in [-0.2, -0.15) is 0 Å². The van der Waals surface area contributed by atoms with E-state index in [1.807, 2.05) is 6.33 Å². The lowest BCUT2D eigenvalue weighted by molar-refractivity contribution is 0.539. The van der Waals surface area contributed by atoms with Crippen LogP contribution in [0.3, 0.4) is 0 Å². The van der Waals surface area contributed by atoms with Gasteiger partial charge in [-0.15, -0.1) is 0 Å². The summed E-state index contributed by atoms with van der Waals surface area (Å²) in [6.07, 6.45) is 6.21. The maximum atomic E-state index is 4.25. The monoisotopic (exact) mass is 219 g/mol. The van der Waals surface area contributed by atoms with Crippen molar-refractivity contribution in [3.63, 3.8) is 0 Å². The van der Waals surface area contributed by atoms with Crippen molar-refractivity contribution < 1.29 is 0 Å². The fourth-order valence-electron chi connectivity index (χ4n) is 1.62. The summed E-state index contributed by atoms with van der Waals surface area (Å²) in [5, 5.41) is 3.39. The van der Waals surface area contributed by atoms with E-state index in [-0.39, 0.29) is 0 Å². The Kier molecular flexibility index (Phi) is 3.46. The molecule has 0 radical (unpaired) electrons. The molecule has 0 spiro atoms. The molecule has 5 heteroatoms. The number of hydrogen-bond acceptors (Lipinski definition) is 4. The number of imidazole rings is 1. The van der Waals surface area contributed by atoms with E-state index in [0.717, 1.165) is 30.7 Å². The highest BCUT2D eigenvalue weighted by atomic mass is 15.1. The second-order valence-corrected chi connectivity index (χ2v) is 4.13. The van der Waals surface area contributed by atoms with E-state index in [0.29, 0.717) is 6.04 Å². The lowest BCUT2D eigenvalue weighted by Gasteiger charge is -2.08. The second-order valence-electron chi connectivity index (χ2n) is 4.13. The maximum Gasteiger partial charge on any atom is 0.163 e. The van der Waals surface area contributed by atoms with Gasteiger partial charge in [0.25, 0.3) is 0 Å². The summed E-state index contributed by atoms with van der Waals surface area (Å²) in [6.45, 7) is 6.26. The number of aromatic nitrogens is 4. The Morgan fingerprint density at radius 2 is 2.25 bits per heavy atom. The van der Waals surface area contributed by atoms with Crippen molar-refractivity contribution in [2.75, 3.05) is 6.54 Å². The Balaban J connectivity index is 1.94.